The number of methoxy groups -OCH3 is 2. The van der Waals surface area contributed by atoms with Crippen molar-refractivity contribution in [3.05, 3.63) is 11.6 Å². The summed E-state index contributed by atoms with van der Waals surface area (Å²) in [4.78, 5) is 28.3. The predicted octanol–water partition coefficient (Wildman–Crippen LogP) is 2.91. The van der Waals surface area contributed by atoms with Crippen molar-refractivity contribution in [1.29, 1.82) is 0 Å². The maximum absolute atomic E-state index is 13.8. The normalized spacial score (nSPS) is 34.8. The van der Waals surface area contributed by atoms with E-state index in [9.17, 15) is 35.1 Å². The molecule has 0 aromatic carbocycles. The van der Waals surface area contributed by atoms with Crippen LogP contribution in [0, 0.1) is 17.8 Å². The Bertz CT molecular complexity index is 1200. The summed E-state index contributed by atoms with van der Waals surface area (Å²) in [7, 11) is 6.67. The van der Waals surface area contributed by atoms with Crippen LogP contribution in [0.2, 0.25) is 0 Å². The van der Waals surface area contributed by atoms with Crippen molar-refractivity contribution in [2.75, 3.05) is 28.3 Å². The first-order valence-corrected chi connectivity index (χ1v) is 18.5. The summed E-state index contributed by atoms with van der Waals surface area (Å²) in [6.45, 7) is 16.8. The van der Waals surface area contributed by atoms with Gasteiger partial charge in [0.15, 0.2) is 18.4 Å². The van der Waals surface area contributed by atoms with Gasteiger partial charge in [-0.25, -0.2) is 0 Å². The Labute approximate surface area is 310 Å². The molecule has 2 aliphatic rings. The molecule has 0 unspecified atom stereocenters. The molecule has 0 bridgehead atoms. The molecule has 5 N–H and O–H groups in total. The van der Waals surface area contributed by atoms with Crippen LogP contribution >= 0.6 is 0 Å². The van der Waals surface area contributed by atoms with E-state index < -0.39 is 89.7 Å². The largest absolute Gasteiger partial charge is 0.481 e. The second kappa shape index (κ2) is 18.9. The van der Waals surface area contributed by atoms with E-state index in [0.29, 0.717) is 6.42 Å². The Hall–Kier alpha value is -1.56. The summed E-state index contributed by atoms with van der Waals surface area (Å²) in [5.41, 5.74) is -3.70. The number of likely N-dealkylation sites (N-methyl/N-ethyl adjacent to an activating group) is 1. The SMILES string of the molecule is CC[C@@H](O)[C@@](C)(O)/C=C(\C)C(=O)[C@H](C)C[C@@](C)(OC)[C@H](O[C@@H]1O[C@H](C)C[C@H](N(C)C)[C@H]1O)[C@@H](C)[C@H](O[C@H]1C[C@@](C)(OC)[C@@H](O)[C@H](C)O1)[C@@H](C)C(=O)O. The Balaban J connectivity index is 2.64. The molecule has 0 radical (unpaired) electrons. The highest BCUT2D eigenvalue weighted by molar-refractivity contribution is 5.96. The number of hydrogen-bond donors (Lipinski definition) is 5. The highest BCUT2D eigenvalue weighted by atomic mass is 16.7. The predicted molar refractivity (Wildman–Crippen MR) is 193 cm³/mol. The molecule has 304 valence electrons. The van der Waals surface area contributed by atoms with Crippen molar-refractivity contribution in [1.82, 2.24) is 4.90 Å². The first-order chi connectivity index (χ1) is 23.9. The minimum absolute atomic E-state index is 0.0789. The number of carbonyl (C=O) groups is 2. The summed E-state index contributed by atoms with van der Waals surface area (Å²) in [5.74, 6) is -3.98. The fourth-order valence-corrected chi connectivity index (χ4v) is 7.83. The number of Topliss-reactive ketones (excluding diaryl/α,β-unsaturated/α-hetero) is 1. The minimum atomic E-state index is -1.63. The molecule has 14 heteroatoms. The second-order valence-corrected chi connectivity index (χ2v) is 16.1. The Morgan fingerprint density at radius 1 is 1.08 bits per heavy atom. The third-order valence-corrected chi connectivity index (χ3v) is 11.4. The van der Waals surface area contributed by atoms with Crippen LogP contribution in [0.1, 0.15) is 94.9 Å². The Morgan fingerprint density at radius 3 is 2.17 bits per heavy atom. The van der Waals surface area contributed by atoms with Crippen LogP contribution in [0.3, 0.4) is 0 Å². The number of aliphatic hydroxyl groups is 4. The maximum atomic E-state index is 13.8. The molecule has 2 rings (SSSR count). The molecule has 0 aromatic heterocycles. The number of allylic oxidation sites excluding steroid dienone is 1. The van der Waals surface area contributed by atoms with E-state index in [-0.39, 0.29) is 42.8 Å². The number of rotatable bonds is 19. The molecule has 0 amide bonds. The summed E-state index contributed by atoms with van der Waals surface area (Å²) in [6, 6.07) is -0.307. The van der Waals surface area contributed by atoms with E-state index in [1.807, 2.05) is 25.9 Å². The Morgan fingerprint density at radius 2 is 1.67 bits per heavy atom. The number of carboxylic acid groups (broad SMARTS) is 1. The lowest BCUT2D eigenvalue weighted by molar-refractivity contribution is -0.319. The van der Waals surface area contributed by atoms with Crippen LogP contribution in [0.15, 0.2) is 11.6 Å². The number of ether oxygens (including phenoxy) is 6. The summed E-state index contributed by atoms with van der Waals surface area (Å²) in [5, 5.41) is 53.8. The van der Waals surface area contributed by atoms with Gasteiger partial charge in [-0.15, -0.1) is 0 Å². The van der Waals surface area contributed by atoms with Gasteiger partial charge in [0.1, 0.15) is 17.8 Å². The molecule has 2 aliphatic heterocycles. The van der Waals surface area contributed by atoms with Gasteiger partial charge < -0.3 is 58.9 Å². The van der Waals surface area contributed by atoms with Gasteiger partial charge in [-0.3, -0.25) is 9.59 Å². The maximum Gasteiger partial charge on any atom is 0.308 e. The van der Waals surface area contributed by atoms with Gasteiger partial charge in [-0.05, 0) is 93.5 Å². The summed E-state index contributed by atoms with van der Waals surface area (Å²) in [6.07, 6.45) is -5.89. The third-order valence-electron chi connectivity index (χ3n) is 11.4. The molecule has 2 fully saturated rings. The number of ketones is 1. The zero-order valence-corrected chi connectivity index (χ0v) is 33.9. The van der Waals surface area contributed by atoms with Gasteiger partial charge in [0, 0.05) is 38.5 Å². The first-order valence-electron chi connectivity index (χ1n) is 18.5. The lowest BCUT2D eigenvalue weighted by atomic mass is 9.76. The van der Waals surface area contributed by atoms with Crippen LogP contribution in [0.4, 0.5) is 0 Å². The zero-order chi connectivity index (χ0) is 40.1. The number of carbonyl (C=O) groups excluding carboxylic acids is 1. The van der Waals surface area contributed by atoms with Crippen molar-refractivity contribution < 1.29 is 63.5 Å². The van der Waals surface area contributed by atoms with E-state index in [2.05, 4.69) is 0 Å². The minimum Gasteiger partial charge on any atom is -0.481 e. The van der Waals surface area contributed by atoms with E-state index in [0.717, 1.165) is 0 Å². The van der Waals surface area contributed by atoms with Crippen molar-refractivity contribution in [2.24, 2.45) is 17.8 Å². The highest BCUT2D eigenvalue weighted by Gasteiger charge is 2.52. The molecule has 52 heavy (non-hydrogen) atoms. The van der Waals surface area contributed by atoms with E-state index in [1.54, 1.807) is 48.5 Å². The summed E-state index contributed by atoms with van der Waals surface area (Å²) < 4.78 is 37.3. The monoisotopic (exact) mass is 747 g/mol. The molecule has 0 aromatic rings. The van der Waals surface area contributed by atoms with Gasteiger partial charge >= 0.3 is 5.97 Å². The number of carboxylic acids is 1. The molecule has 16 atom stereocenters. The number of aliphatic hydroxyl groups excluding tert-OH is 3. The fraction of sp³-hybridized carbons (Fsp3) is 0.895. The van der Waals surface area contributed by atoms with Crippen LogP contribution in [0.5, 0.6) is 0 Å². The summed E-state index contributed by atoms with van der Waals surface area (Å²) >= 11 is 0. The van der Waals surface area contributed by atoms with E-state index in [4.69, 9.17) is 28.4 Å². The molecule has 14 nitrogen and oxygen atoms in total. The quantitative estimate of drug-likeness (QED) is 0.121. The molecular weight excluding hydrogens is 678 g/mol. The zero-order valence-electron chi connectivity index (χ0n) is 33.9. The first kappa shape index (κ1) is 46.6. The van der Waals surface area contributed by atoms with E-state index >= 15 is 0 Å². The van der Waals surface area contributed by atoms with Crippen LogP contribution < -0.4 is 0 Å². The van der Waals surface area contributed by atoms with Crippen molar-refractivity contribution in [3.8, 4) is 0 Å². The third kappa shape index (κ3) is 11.0. The molecule has 2 saturated heterocycles. The number of aliphatic carboxylic acids is 1. The van der Waals surface area contributed by atoms with Crippen LogP contribution in [0.25, 0.3) is 0 Å². The van der Waals surface area contributed by atoms with Crippen molar-refractivity contribution >= 4 is 11.8 Å². The van der Waals surface area contributed by atoms with Gasteiger partial charge in [0.2, 0.25) is 0 Å². The average molecular weight is 748 g/mol. The smallest absolute Gasteiger partial charge is 0.308 e. The van der Waals surface area contributed by atoms with Crippen LogP contribution in [-0.4, -0.2) is 149 Å². The highest BCUT2D eigenvalue weighted by Crippen LogP contribution is 2.40. The average Bonchev–Trinajstić information content (AvgIpc) is 3.07. The molecular formula is C38H69NO13. The topological polar surface area (TPSA) is 194 Å². The molecule has 0 aliphatic carbocycles. The molecule has 0 saturated carbocycles. The second-order valence-electron chi connectivity index (χ2n) is 16.1. The molecule has 0 spiro atoms. The lowest BCUT2D eigenvalue weighted by Crippen LogP contribution is -2.60. The van der Waals surface area contributed by atoms with Crippen LogP contribution in [-0.2, 0) is 38.0 Å². The van der Waals surface area contributed by atoms with E-state index in [1.165, 1.54) is 34.1 Å². The van der Waals surface area contributed by atoms with Gasteiger partial charge in [-0.2, -0.15) is 0 Å². The number of hydrogen-bond acceptors (Lipinski definition) is 13. The van der Waals surface area contributed by atoms with Crippen molar-refractivity contribution in [3.63, 3.8) is 0 Å². The molecule has 2 heterocycles. The van der Waals surface area contributed by atoms with Gasteiger partial charge in [0.05, 0.1) is 47.6 Å². The van der Waals surface area contributed by atoms with Gasteiger partial charge in [0.25, 0.3) is 0 Å². The standard InChI is InChI=1S/C38H69NO13/c1-15-27(40)36(8,46)17-20(2)29(41)21(3)18-38(10,48-14)33(52-35-30(42)26(39(11)12)16-22(4)49-35)23(5)31(24(6)34(44)45)51-28-19-37(9,47-13)32(43)25(7)50-28/h17,21-28,30-33,35,40,42-43,46H,15-16,18-19H2,1-14H3,(H,44,45)/b20-17+/t21-,22-,23+,24-,25+,26+,27-,28+,30-,31+,32+,33-,35+,36+,37-,38-/m1/s1. The van der Waals surface area contributed by atoms with Gasteiger partial charge in [-0.1, -0.05) is 20.8 Å². The van der Waals surface area contributed by atoms with Crippen molar-refractivity contribution in [2.45, 2.75) is 173 Å². The lowest BCUT2D eigenvalue weighted by Gasteiger charge is -2.49. The number of nitrogens with zero attached hydrogens (tertiary/aromatic N) is 1. The Kier molecular flexibility index (Phi) is 16.9. The fourth-order valence-electron chi connectivity index (χ4n) is 7.83.